The predicted octanol–water partition coefficient (Wildman–Crippen LogP) is 3.94. The Morgan fingerprint density at radius 1 is 0.889 bits per heavy atom. The molecule has 0 fully saturated rings. The van der Waals surface area contributed by atoms with Crippen LogP contribution >= 0.6 is 11.8 Å². The van der Waals surface area contributed by atoms with Gasteiger partial charge < -0.3 is 4.42 Å². The van der Waals surface area contributed by atoms with Crippen LogP contribution in [0.2, 0.25) is 0 Å². The van der Waals surface area contributed by atoms with Crippen molar-refractivity contribution >= 4 is 22.7 Å². The van der Waals surface area contributed by atoms with E-state index >= 15 is 0 Å². The van der Waals surface area contributed by atoms with E-state index in [1.54, 1.807) is 12.1 Å². The Kier molecular flexibility index (Phi) is 2.90. The summed E-state index contributed by atoms with van der Waals surface area (Å²) < 4.78 is 5.71. The average molecular weight is 254 g/mol. The van der Waals surface area contributed by atoms with Gasteiger partial charge in [0, 0.05) is 11.0 Å². The van der Waals surface area contributed by atoms with Gasteiger partial charge in [0.15, 0.2) is 10.5 Å². The summed E-state index contributed by atoms with van der Waals surface area (Å²) in [6.45, 7) is 0. The molecule has 1 heterocycles. The Balaban J connectivity index is 2.06. The minimum absolute atomic E-state index is 0.00437. The molecule has 2 nitrogen and oxygen atoms in total. The van der Waals surface area contributed by atoms with Crippen LogP contribution in [-0.4, -0.2) is 0 Å². The number of para-hydroxylation sites is 1. The molecule has 0 saturated carbocycles. The molecule has 0 aliphatic heterocycles. The molecule has 0 saturated heterocycles. The van der Waals surface area contributed by atoms with Crippen molar-refractivity contribution in [2.75, 3.05) is 0 Å². The van der Waals surface area contributed by atoms with Crippen LogP contribution in [0.1, 0.15) is 0 Å². The van der Waals surface area contributed by atoms with Gasteiger partial charge in [0.2, 0.25) is 0 Å². The van der Waals surface area contributed by atoms with E-state index < -0.39 is 0 Å². The highest BCUT2D eigenvalue weighted by molar-refractivity contribution is 7.99. The summed E-state index contributed by atoms with van der Waals surface area (Å²) >= 11 is 1.45. The summed E-state index contributed by atoms with van der Waals surface area (Å²) in [5, 5.41) is 1.24. The second-order valence-electron chi connectivity index (χ2n) is 3.84. The summed E-state index contributed by atoms with van der Waals surface area (Å²) in [6.07, 6.45) is 0. The first kappa shape index (κ1) is 11.1. The van der Waals surface area contributed by atoms with E-state index in [1.807, 2.05) is 48.5 Å². The van der Waals surface area contributed by atoms with E-state index in [4.69, 9.17) is 4.42 Å². The fraction of sp³-hybridized carbons (Fsp3) is 0. The maximum atomic E-state index is 11.9. The third-order valence-electron chi connectivity index (χ3n) is 2.57. The molecule has 2 aromatic carbocycles. The van der Waals surface area contributed by atoms with E-state index in [2.05, 4.69) is 0 Å². The molecule has 88 valence electrons. The lowest BCUT2D eigenvalue weighted by Gasteiger charge is -2.02. The molecule has 0 aliphatic rings. The Hall–Kier alpha value is -2.00. The molecule has 1 aromatic heterocycles. The van der Waals surface area contributed by atoms with Gasteiger partial charge in [-0.2, -0.15) is 0 Å². The van der Waals surface area contributed by atoms with Gasteiger partial charge in [-0.3, -0.25) is 4.79 Å². The number of hydrogen-bond donors (Lipinski definition) is 0. The number of hydrogen-bond acceptors (Lipinski definition) is 3. The largest absolute Gasteiger partial charge is 0.449 e. The van der Waals surface area contributed by atoms with Crippen LogP contribution in [0.15, 0.2) is 79.9 Å². The Labute approximate surface area is 108 Å². The zero-order valence-corrected chi connectivity index (χ0v) is 10.3. The van der Waals surface area contributed by atoms with Crippen LogP contribution in [0, 0.1) is 0 Å². The lowest BCUT2D eigenvalue weighted by atomic mass is 10.2. The topological polar surface area (TPSA) is 30.2 Å². The smallest absolute Gasteiger partial charge is 0.193 e. The molecule has 0 amide bonds. The highest BCUT2D eigenvalue weighted by Gasteiger charge is 2.05. The summed E-state index contributed by atoms with van der Waals surface area (Å²) in [7, 11) is 0. The fourth-order valence-corrected chi connectivity index (χ4v) is 2.56. The first-order valence-electron chi connectivity index (χ1n) is 5.59. The Morgan fingerprint density at radius 3 is 2.44 bits per heavy atom. The van der Waals surface area contributed by atoms with Crippen molar-refractivity contribution in [2.45, 2.75) is 9.99 Å². The molecule has 0 unspecified atom stereocenters. The second kappa shape index (κ2) is 4.70. The minimum Gasteiger partial charge on any atom is -0.449 e. The molecular formula is C15H10O2S. The molecule has 3 heteroatoms. The molecular weight excluding hydrogens is 244 g/mol. The van der Waals surface area contributed by atoms with Crippen molar-refractivity contribution in [2.24, 2.45) is 0 Å². The quantitative estimate of drug-likeness (QED) is 0.693. The molecule has 0 N–H and O–H groups in total. The molecule has 0 spiro atoms. The predicted molar refractivity (Wildman–Crippen MR) is 73.0 cm³/mol. The monoisotopic (exact) mass is 254 g/mol. The van der Waals surface area contributed by atoms with Gasteiger partial charge in [-0.05, 0) is 24.3 Å². The maximum absolute atomic E-state index is 11.9. The summed E-state index contributed by atoms with van der Waals surface area (Å²) in [6, 6.07) is 18.7. The number of rotatable bonds is 2. The van der Waals surface area contributed by atoms with Gasteiger partial charge in [-0.25, -0.2) is 0 Å². The third-order valence-corrected chi connectivity index (χ3v) is 3.48. The van der Waals surface area contributed by atoms with Gasteiger partial charge in [0.1, 0.15) is 5.58 Å². The summed E-state index contributed by atoms with van der Waals surface area (Å²) in [5.74, 6) is 0. The van der Waals surface area contributed by atoms with Gasteiger partial charge in [-0.1, -0.05) is 42.1 Å². The van der Waals surface area contributed by atoms with Crippen LogP contribution < -0.4 is 5.43 Å². The van der Waals surface area contributed by atoms with E-state index in [-0.39, 0.29) is 5.43 Å². The number of fused-ring (bicyclic) bond motifs is 1. The van der Waals surface area contributed by atoms with Crippen LogP contribution in [0.3, 0.4) is 0 Å². The van der Waals surface area contributed by atoms with Crippen LogP contribution in [0.5, 0.6) is 0 Å². The Bertz CT molecular complexity index is 732. The first-order chi connectivity index (χ1) is 8.83. The van der Waals surface area contributed by atoms with E-state index in [9.17, 15) is 4.79 Å². The molecule has 18 heavy (non-hydrogen) atoms. The molecule has 3 rings (SSSR count). The van der Waals surface area contributed by atoms with E-state index in [1.165, 1.54) is 11.8 Å². The van der Waals surface area contributed by atoms with Crippen LogP contribution in [0.4, 0.5) is 0 Å². The minimum atomic E-state index is -0.00437. The molecule has 0 atom stereocenters. The zero-order chi connectivity index (χ0) is 12.4. The molecule has 0 radical (unpaired) electrons. The number of benzene rings is 2. The van der Waals surface area contributed by atoms with Crippen molar-refractivity contribution in [3.8, 4) is 0 Å². The summed E-state index contributed by atoms with van der Waals surface area (Å²) in [4.78, 5) is 13.0. The van der Waals surface area contributed by atoms with Gasteiger partial charge in [0.25, 0.3) is 0 Å². The average Bonchev–Trinajstić information content (AvgIpc) is 2.40. The lowest BCUT2D eigenvalue weighted by molar-refractivity contribution is 0.500. The third kappa shape index (κ3) is 2.17. The fourth-order valence-electron chi connectivity index (χ4n) is 1.74. The van der Waals surface area contributed by atoms with Crippen molar-refractivity contribution in [1.29, 1.82) is 0 Å². The standard InChI is InChI=1S/C15H10O2S/c16-13-10-15(18-11-6-2-1-3-7-11)17-14-9-5-4-8-12(13)14/h1-10H. The van der Waals surface area contributed by atoms with Crippen molar-refractivity contribution < 1.29 is 4.42 Å². The Morgan fingerprint density at radius 2 is 1.61 bits per heavy atom. The maximum Gasteiger partial charge on any atom is 0.193 e. The highest BCUT2D eigenvalue weighted by atomic mass is 32.2. The SMILES string of the molecule is O=c1cc(Sc2ccccc2)oc2ccccc12. The zero-order valence-electron chi connectivity index (χ0n) is 9.50. The van der Waals surface area contributed by atoms with Gasteiger partial charge >= 0.3 is 0 Å². The molecule has 0 bridgehead atoms. The molecule has 0 aliphatic carbocycles. The second-order valence-corrected chi connectivity index (χ2v) is 4.92. The van der Waals surface area contributed by atoms with Crippen molar-refractivity contribution in [3.63, 3.8) is 0 Å². The van der Waals surface area contributed by atoms with Crippen LogP contribution in [-0.2, 0) is 0 Å². The highest BCUT2D eigenvalue weighted by Crippen LogP contribution is 2.28. The van der Waals surface area contributed by atoms with E-state index in [0.29, 0.717) is 16.1 Å². The first-order valence-corrected chi connectivity index (χ1v) is 6.40. The van der Waals surface area contributed by atoms with Gasteiger partial charge in [-0.15, -0.1) is 0 Å². The van der Waals surface area contributed by atoms with E-state index in [0.717, 1.165) is 4.90 Å². The summed E-state index contributed by atoms with van der Waals surface area (Å²) in [5.41, 5.74) is 0.624. The van der Waals surface area contributed by atoms with Crippen molar-refractivity contribution in [1.82, 2.24) is 0 Å². The van der Waals surface area contributed by atoms with Crippen LogP contribution in [0.25, 0.3) is 11.0 Å². The normalized spacial score (nSPS) is 10.7. The van der Waals surface area contributed by atoms with Crippen molar-refractivity contribution in [3.05, 3.63) is 70.9 Å². The molecule has 3 aromatic rings. The lowest BCUT2D eigenvalue weighted by Crippen LogP contribution is -1.99. The van der Waals surface area contributed by atoms with Gasteiger partial charge in [0.05, 0.1) is 5.39 Å².